The van der Waals surface area contributed by atoms with E-state index in [0.29, 0.717) is 0 Å². The maximum absolute atomic E-state index is 13.8. The first-order chi connectivity index (χ1) is 21.5. The highest BCUT2D eigenvalue weighted by atomic mass is 16.5. The van der Waals surface area contributed by atoms with Crippen LogP contribution in [0.25, 0.3) is 0 Å². The Morgan fingerprint density at radius 1 is 0.568 bits per heavy atom. The minimum atomic E-state index is -0.396. The molecule has 5 nitrogen and oxygen atoms in total. The second kappa shape index (κ2) is 29.3. The lowest BCUT2D eigenvalue weighted by atomic mass is 10.00. The van der Waals surface area contributed by atoms with Crippen LogP contribution < -0.4 is 5.32 Å². The third-order valence-electron chi connectivity index (χ3n) is 9.71. The molecule has 0 aromatic carbocycles. The summed E-state index contributed by atoms with van der Waals surface area (Å²) >= 11 is 0. The molecule has 5 heteroatoms. The molecule has 1 aliphatic heterocycles. The zero-order valence-electron chi connectivity index (χ0n) is 30.1. The Bertz CT molecular complexity index is 664. The smallest absolute Gasteiger partial charge is 0.308 e. The van der Waals surface area contributed by atoms with Gasteiger partial charge in [-0.15, -0.1) is 0 Å². The Hall–Kier alpha value is -1.10. The van der Waals surface area contributed by atoms with Crippen molar-refractivity contribution in [1.29, 1.82) is 0 Å². The number of nitrogens with one attached hydrogen (secondary N) is 1. The number of hydrogen-bond donors (Lipinski definition) is 1. The van der Waals surface area contributed by atoms with E-state index in [-0.39, 0.29) is 30.4 Å². The fourth-order valence-corrected chi connectivity index (χ4v) is 6.80. The van der Waals surface area contributed by atoms with Gasteiger partial charge in [0.15, 0.2) is 0 Å². The van der Waals surface area contributed by atoms with Crippen LogP contribution in [0.15, 0.2) is 0 Å². The summed E-state index contributed by atoms with van der Waals surface area (Å²) in [6, 6.07) is -0.179. The Morgan fingerprint density at radius 3 is 1.43 bits per heavy atom. The number of unbranched alkanes of at least 4 members (excludes halogenated alkanes) is 17. The summed E-state index contributed by atoms with van der Waals surface area (Å²) in [5.74, 6) is -0.115. The standard InChI is InChI=1S/C39H76N2O3/c1-5-9-13-16-17-18-21-25-31-36(30-24-20-15-11-7-3)44-38(42)34-37(41-32-26-27-33-41)39(43)40-35(28-22-12-8-4)29-23-19-14-10-6-2/h35-37H,5-34H2,1-4H3,(H,40,43). The second-order valence-electron chi connectivity index (χ2n) is 13.9. The molecule has 0 bridgehead atoms. The molecule has 0 aliphatic carbocycles. The quantitative estimate of drug-likeness (QED) is 0.0619. The van der Waals surface area contributed by atoms with Gasteiger partial charge in [0.05, 0.1) is 12.5 Å². The topological polar surface area (TPSA) is 58.6 Å². The molecule has 0 aromatic rings. The summed E-state index contributed by atoms with van der Waals surface area (Å²) in [6.45, 7) is 10.8. The van der Waals surface area contributed by atoms with E-state index in [9.17, 15) is 9.59 Å². The highest BCUT2D eigenvalue weighted by molar-refractivity contribution is 5.87. The minimum Gasteiger partial charge on any atom is -0.462 e. The van der Waals surface area contributed by atoms with E-state index < -0.39 is 6.04 Å². The average molecular weight is 621 g/mol. The molecule has 3 atom stereocenters. The highest BCUT2D eigenvalue weighted by Crippen LogP contribution is 2.21. The lowest BCUT2D eigenvalue weighted by Crippen LogP contribution is -2.50. The van der Waals surface area contributed by atoms with E-state index >= 15 is 0 Å². The molecule has 0 spiro atoms. The van der Waals surface area contributed by atoms with Crippen molar-refractivity contribution < 1.29 is 14.3 Å². The van der Waals surface area contributed by atoms with Crippen molar-refractivity contribution in [2.75, 3.05) is 13.1 Å². The van der Waals surface area contributed by atoms with Crippen LogP contribution in [0.4, 0.5) is 0 Å². The van der Waals surface area contributed by atoms with Crippen molar-refractivity contribution >= 4 is 11.9 Å². The maximum Gasteiger partial charge on any atom is 0.308 e. The second-order valence-corrected chi connectivity index (χ2v) is 13.9. The predicted octanol–water partition coefficient (Wildman–Crippen LogP) is 11.1. The summed E-state index contributed by atoms with van der Waals surface area (Å²) in [7, 11) is 0. The fourth-order valence-electron chi connectivity index (χ4n) is 6.80. The number of esters is 1. The molecular weight excluding hydrogens is 544 g/mol. The number of ether oxygens (including phenoxy) is 1. The minimum absolute atomic E-state index is 0.00331. The van der Waals surface area contributed by atoms with Crippen molar-refractivity contribution in [3.8, 4) is 0 Å². The van der Waals surface area contributed by atoms with Gasteiger partial charge in [-0.05, 0) is 64.5 Å². The van der Waals surface area contributed by atoms with Crippen LogP contribution in [0.5, 0.6) is 0 Å². The van der Waals surface area contributed by atoms with Crippen LogP contribution in [0.3, 0.4) is 0 Å². The van der Waals surface area contributed by atoms with E-state index in [1.807, 2.05) is 0 Å². The van der Waals surface area contributed by atoms with Crippen LogP contribution in [0.1, 0.15) is 207 Å². The summed E-state index contributed by atoms with van der Waals surface area (Å²) in [5.41, 5.74) is 0. The van der Waals surface area contributed by atoms with Gasteiger partial charge in [-0.25, -0.2) is 0 Å². The van der Waals surface area contributed by atoms with Gasteiger partial charge in [-0.2, -0.15) is 0 Å². The van der Waals surface area contributed by atoms with E-state index in [1.165, 1.54) is 116 Å². The van der Waals surface area contributed by atoms with Gasteiger partial charge in [-0.1, -0.05) is 150 Å². The first kappa shape index (κ1) is 40.9. The van der Waals surface area contributed by atoms with Gasteiger partial charge in [0.1, 0.15) is 6.10 Å². The number of carbonyl (C=O) groups excluding carboxylic acids is 2. The fraction of sp³-hybridized carbons (Fsp3) is 0.949. The van der Waals surface area contributed by atoms with Gasteiger partial charge in [0.2, 0.25) is 5.91 Å². The van der Waals surface area contributed by atoms with Gasteiger partial charge in [0, 0.05) is 6.04 Å². The zero-order chi connectivity index (χ0) is 32.1. The molecular formula is C39H76N2O3. The molecule has 1 amide bonds. The van der Waals surface area contributed by atoms with Gasteiger partial charge >= 0.3 is 5.97 Å². The Balaban J connectivity index is 2.73. The average Bonchev–Trinajstić information content (AvgIpc) is 3.55. The monoisotopic (exact) mass is 621 g/mol. The number of rotatable bonds is 31. The van der Waals surface area contributed by atoms with E-state index in [1.54, 1.807) is 0 Å². The van der Waals surface area contributed by atoms with Crippen molar-refractivity contribution in [2.24, 2.45) is 0 Å². The van der Waals surface area contributed by atoms with Crippen LogP contribution in [-0.2, 0) is 14.3 Å². The molecule has 0 radical (unpaired) electrons. The van der Waals surface area contributed by atoms with E-state index in [0.717, 1.165) is 70.9 Å². The van der Waals surface area contributed by atoms with Crippen molar-refractivity contribution in [1.82, 2.24) is 10.2 Å². The number of carbonyl (C=O) groups is 2. The summed E-state index contributed by atoms with van der Waals surface area (Å²) in [6.07, 6.45) is 32.7. The molecule has 1 fully saturated rings. The van der Waals surface area contributed by atoms with Crippen LogP contribution >= 0.6 is 0 Å². The molecule has 1 N–H and O–H groups in total. The molecule has 0 aromatic heterocycles. The first-order valence-corrected chi connectivity index (χ1v) is 19.8. The molecule has 1 aliphatic rings. The summed E-state index contributed by atoms with van der Waals surface area (Å²) in [4.78, 5) is 29.5. The van der Waals surface area contributed by atoms with Crippen LogP contribution in [0, 0.1) is 0 Å². The van der Waals surface area contributed by atoms with Crippen molar-refractivity contribution in [3.63, 3.8) is 0 Å². The van der Waals surface area contributed by atoms with Gasteiger partial charge in [-0.3, -0.25) is 14.5 Å². The molecule has 1 saturated heterocycles. The largest absolute Gasteiger partial charge is 0.462 e. The SMILES string of the molecule is CCCCCCCCCCC(CCCCCCC)OC(=O)CC(C(=O)NC(CCCCC)CCCCCCC)N1CCCC1. The molecule has 1 rings (SSSR count). The molecule has 3 unspecified atom stereocenters. The third kappa shape index (κ3) is 21.6. The predicted molar refractivity (Wildman–Crippen MR) is 189 cm³/mol. The maximum atomic E-state index is 13.8. The van der Waals surface area contributed by atoms with Crippen LogP contribution in [-0.4, -0.2) is 48.1 Å². The number of likely N-dealkylation sites (tertiary alicyclic amines) is 1. The highest BCUT2D eigenvalue weighted by Gasteiger charge is 2.32. The molecule has 0 saturated carbocycles. The summed E-state index contributed by atoms with van der Waals surface area (Å²) in [5, 5.41) is 3.43. The Morgan fingerprint density at radius 2 is 0.955 bits per heavy atom. The van der Waals surface area contributed by atoms with E-state index in [2.05, 4.69) is 37.9 Å². The normalized spacial score (nSPS) is 15.7. The lowest BCUT2D eigenvalue weighted by Gasteiger charge is -2.29. The Labute approximate surface area is 274 Å². The van der Waals surface area contributed by atoms with E-state index in [4.69, 9.17) is 4.74 Å². The van der Waals surface area contributed by atoms with Crippen molar-refractivity contribution in [3.05, 3.63) is 0 Å². The molecule has 1 heterocycles. The summed E-state index contributed by atoms with van der Waals surface area (Å²) < 4.78 is 6.20. The third-order valence-corrected chi connectivity index (χ3v) is 9.71. The zero-order valence-corrected chi connectivity index (χ0v) is 30.1. The Kier molecular flexibility index (Phi) is 27.3. The number of nitrogens with zero attached hydrogens (tertiary/aromatic N) is 1. The molecule has 44 heavy (non-hydrogen) atoms. The number of amides is 1. The van der Waals surface area contributed by atoms with Gasteiger partial charge < -0.3 is 10.1 Å². The first-order valence-electron chi connectivity index (χ1n) is 19.8. The lowest BCUT2D eigenvalue weighted by molar-refractivity contribution is -0.153. The van der Waals surface area contributed by atoms with Crippen molar-refractivity contribution in [2.45, 2.75) is 226 Å². The van der Waals surface area contributed by atoms with Gasteiger partial charge in [0.25, 0.3) is 0 Å². The number of hydrogen-bond acceptors (Lipinski definition) is 4. The van der Waals surface area contributed by atoms with Crippen LogP contribution in [0.2, 0.25) is 0 Å². The molecule has 260 valence electrons.